The summed E-state index contributed by atoms with van der Waals surface area (Å²) in [5.74, 6) is -1.61. The SMILES string of the molecule is Nc1ncnc2c1ncn2[C@@H]1O[C@H](CO)[C@@H](O)[C@H]1[C@H]1c2c(cc3ccc4cccc5ccc2c3c45)[C@@H](O)[C@H](O)[C@H]1O. The van der Waals surface area contributed by atoms with Crippen molar-refractivity contribution in [1.29, 1.82) is 0 Å². The molecule has 1 fully saturated rings. The molecule has 41 heavy (non-hydrogen) atoms. The minimum Gasteiger partial charge on any atom is -0.394 e. The van der Waals surface area contributed by atoms with Crippen LogP contribution in [-0.4, -0.2) is 76.1 Å². The summed E-state index contributed by atoms with van der Waals surface area (Å²) in [6, 6.07) is 15.9. The van der Waals surface area contributed by atoms with Gasteiger partial charge in [-0.3, -0.25) is 4.57 Å². The van der Waals surface area contributed by atoms with Gasteiger partial charge in [0.15, 0.2) is 11.5 Å². The van der Waals surface area contributed by atoms with E-state index in [-0.39, 0.29) is 5.82 Å². The zero-order chi connectivity index (χ0) is 28.2. The lowest BCUT2D eigenvalue weighted by molar-refractivity contribution is -0.101. The molecule has 11 nitrogen and oxygen atoms in total. The number of fused-ring (bicyclic) bond motifs is 3. The molecule has 0 amide bonds. The summed E-state index contributed by atoms with van der Waals surface area (Å²) in [6.07, 6.45) is -4.75. The Labute approximate surface area is 232 Å². The van der Waals surface area contributed by atoms with E-state index < -0.39 is 55.2 Å². The van der Waals surface area contributed by atoms with Crippen molar-refractivity contribution in [1.82, 2.24) is 19.5 Å². The maximum atomic E-state index is 11.7. The van der Waals surface area contributed by atoms with Crippen LogP contribution < -0.4 is 5.73 Å². The van der Waals surface area contributed by atoms with Crippen LogP contribution in [-0.2, 0) is 4.74 Å². The van der Waals surface area contributed by atoms with Crippen LogP contribution in [0.3, 0.4) is 0 Å². The summed E-state index contributed by atoms with van der Waals surface area (Å²) in [4.78, 5) is 12.7. The van der Waals surface area contributed by atoms with E-state index in [4.69, 9.17) is 10.5 Å². The van der Waals surface area contributed by atoms with E-state index in [9.17, 15) is 25.5 Å². The van der Waals surface area contributed by atoms with E-state index in [2.05, 4.69) is 15.0 Å². The Morgan fingerprint density at radius 2 is 1.61 bits per heavy atom. The van der Waals surface area contributed by atoms with Gasteiger partial charge in [0.25, 0.3) is 0 Å². The average molecular weight is 554 g/mol. The largest absolute Gasteiger partial charge is 0.394 e. The standard InChI is InChI=1S/C30H27N5O6/c31-28-23-29(33-10-32-28)35(11-34-23)30-22(25(38)17(9-36)41-30)21-20-15-7-6-13-3-1-2-12-4-5-14(19(15)18(12)13)8-16(20)24(37)27(40)26(21)39/h1-8,10-11,17,21-22,24-27,30,36-40H,9H2,(H2,31,32,33)/t17-,21-,22-,24-,25-,26+,27+,30-/m1/s1. The van der Waals surface area contributed by atoms with Gasteiger partial charge < -0.3 is 36.0 Å². The van der Waals surface area contributed by atoms with Crippen LogP contribution >= 0.6 is 0 Å². The number of aliphatic hydroxyl groups is 5. The summed E-state index contributed by atoms with van der Waals surface area (Å²) >= 11 is 0. The van der Waals surface area contributed by atoms with E-state index >= 15 is 0 Å². The Bertz CT molecular complexity index is 1950. The molecule has 11 heteroatoms. The van der Waals surface area contributed by atoms with Crippen LogP contribution in [0.15, 0.2) is 61.2 Å². The number of nitrogens with zero attached hydrogens (tertiary/aromatic N) is 4. The number of anilines is 1. The zero-order valence-corrected chi connectivity index (χ0v) is 21.6. The van der Waals surface area contributed by atoms with E-state index in [0.29, 0.717) is 22.3 Å². The molecular weight excluding hydrogens is 526 g/mol. The van der Waals surface area contributed by atoms with E-state index in [1.165, 1.54) is 12.7 Å². The molecule has 7 N–H and O–H groups in total. The molecular formula is C30H27N5O6. The van der Waals surface area contributed by atoms with Gasteiger partial charge in [0, 0.05) is 11.8 Å². The minimum atomic E-state index is -1.53. The predicted molar refractivity (Wildman–Crippen MR) is 150 cm³/mol. The van der Waals surface area contributed by atoms with Crippen LogP contribution in [0.1, 0.15) is 29.4 Å². The quantitative estimate of drug-likeness (QED) is 0.177. The molecule has 0 saturated carbocycles. The predicted octanol–water partition coefficient (Wildman–Crippen LogP) is 1.73. The van der Waals surface area contributed by atoms with Crippen LogP contribution in [0.2, 0.25) is 0 Å². The number of imidazole rings is 1. The first-order valence-electron chi connectivity index (χ1n) is 13.5. The number of aliphatic hydroxyl groups excluding tert-OH is 5. The highest BCUT2D eigenvalue weighted by molar-refractivity contribution is 6.24. The number of hydrogen-bond donors (Lipinski definition) is 6. The average Bonchev–Trinajstić information content (AvgIpc) is 3.56. The molecule has 2 aliphatic rings. The summed E-state index contributed by atoms with van der Waals surface area (Å²) in [7, 11) is 0. The van der Waals surface area contributed by atoms with E-state index in [1.54, 1.807) is 4.57 Å². The van der Waals surface area contributed by atoms with Crippen molar-refractivity contribution in [2.75, 3.05) is 12.3 Å². The van der Waals surface area contributed by atoms with Gasteiger partial charge in [0.05, 0.1) is 25.1 Å². The lowest BCUT2D eigenvalue weighted by Gasteiger charge is -2.43. The second kappa shape index (κ2) is 8.76. The highest BCUT2D eigenvalue weighted by Crippen LogP contribution is 2.54. The molecule has 1 saturated heterocycles. The number of nitrogen functional groups attached to an aromatic ring is 1. The number of benzene rings is 4. The van der Waals surface area contributed by atoms with Gasteiger partial charge in [-0.05, 0) is 49.5 Å². The first kappa shape index (κ1) is 24.8. The van der Waals surface area contributed by atoms with Crippen molar-refractivity contribution < 1.29 is 30.3 Å². The van der Waals surface area contributed by atoms with Gasteiger partial charge in [-0.25, -0.2) is 15.0 Å². The Morgan fingerprint density at radius 3 is 2.39 bits per heavy atom. The van der Waals surface area contributed by atoms with Gasteiger partial charge in [0.1, 0.15) is 36.4 Å². The molecule has 3 heterocycles. The second-order valence-corrected chi connectivity index (χ2v) is 11.1. The Balaban J connectivity index is 1.41. The Hall–Kier alpha value is -3.97. The van der Waals surface area contributed by atoms with Crippen molar-refractivity contribution in [2.24, 2.45) is 5.92 Å². The van der Waals surface area contributed by atoms with Crippen molar-refractivity contribution in [3.8, 4) is 0 Å². The zero-order valence-electron chi connectivity index (χ0n) is 21.6. The molecule has 6 aromatic rings. The lowest BCUT2D eigenvalue weighted by atomic mass is 9.67. The molecule has 4 aromatic carbocycles. The van der Waals surface area contributed by atoms with Crippen molar-refractivity contribution in [3.63, 3.8) is 0 Å². The smallest absolute Gasteiger partial charge is 0.167 e. The van der Waals surface area contributed by atoms with Crippen LogP contribution in [0.25, 0.3) is 43.5 Å². The fourth-order valence-corrected chi connectivity index (χ4v) is 7.26. The van der Waals surface area contributed by atoms with Gasteiger partial charge >= 0.3 is 0 Å². The first-order valence-corrected chi connectivity index (χ1v) is 13.5. The molecule has 0 bridgehead atoms. The van der Waals surface area contributed by atoms with Crippen molar-refractivity contribution in [3.05, 3.63) is 72.3 Å². The van der Waals surface area contributed by atoms with Gasteiger partial charge in [-0.1, -0.05) is 42.5 Å². The molecule has 0 spiro atoms. The second-order valence-electron chi connectivity index (χ2n) is 11.1. The molecule has 1 aliphatic carbocycles. The van der Waals surface area contributed by atoms with Crippen LogP contribution in [0, 0.1) is 5.92 Å². The molecule has 8 atom stereocenters. The summed E-state index contributed by atoms with van der Waals surface area (Å²) in [5, 5.41) is 61.6. The third kappa shape index (κ3) is 3.27. The van der Waals surface area contributed by atoms with Crippen LogP contribution in [0.4, 0.5) is 5.82 Å². The summed E-state index contributed by atoms with van der Waals surface area (Å²) in [5.41, 5.74) is 7.82. The third-order valence-electron chi connectivity index (χ3n) is 9.09. The highest BCUT2D eigenvalue weighted by Gasteiger charge is 2.55. The van der Waals surface area contributed by atoms with Crippen molar-refractivity contribution in [2.45, 2.75) is 42.7 Å². The minimum absolute atomic E-state index is 0.174. The summed E-state index contributed by atoms with van der Waals surface area (Å²) in [6.45, 7) is -0.475. The van der Waals surface area contributed by atoms with Crippen molar-refractivity contribution >= 4 is 49.3 Å². The number of ether oxygens (including phenoxy) is 1. The number of aromatic nitrogens is 4. The number of nitrogens with two attached hydrogens (primary N) is 1. The Morgan fingerprint density at radius 1 is 0.854 bits per heavy atom. The van der Waals surface area contributed by atoms with E-state index in [0.717, 1.165) is 32.3 Å². The molecule has 8 rings (SSSR count). The molecule has 1 aliphatic heterocycles. The first-order chi connectivity index (χ1) is 19.9. The Kier molecular flexibility index (Phi) is 5.30. The highest BCUT2D eigenvalue weighted by atomic mass is 16.5. The molecule has 208 valence electrons. The monoisotopic (exact) mass is 553 g/mol. The maximum Gasteiger partial charge on any atom is 0.167 e. The number of rotatable bonds is 3. The molecule has 0 radical (unpaired) electrons. The maximum absolute atomic E-state index is 11.7. The normalized spacial score (nSPS) is 30.2. The third-order valence-corrected chi connectivity index (χ3v) is 9.09. The van der Waals surface area contributed by atoms with E-state index in [1.807, 2.05) is 48.5 Å². The topological polar surface area (TPSA) is 180 Å². The lowest BCUT2D eigenvalue weighted by Crippen LogP contribution is -2.48. The fraction of sp³-hybridized carbons (Fsp3) is 0.300. The summed E-state index contributed by atoms with van der Waals surface area (Å²) < 4.78 is 7.81. The molecule has 0 unspecified atom stereocenters. The van der Waals surface area contributed by atoms with Gasteiger partial charge in [0.2, 0.25) is 0 Å². The number of hydrogen-bond acceptors (Lipinski definition) is 10. The van der Waals surface area contributed by atoms with Crippen LogP contribution in [0.5, 0.6) is 0 Å². The molecule has 2 aromatic heterocycles. The van der Waals surface area contributed by atoms with Gasteiger partial charge in [-0.15, -0.1) is 0 Å². The fourth-order valence-electron chi connectivity index (χ4n) is 7.26. The van der Waals surface area contributed by atoms with Gasteiger partial charge in [-0.2, -0.15) is 0 Å².